The fourth-order valence-corrected chi connectivity index (χ4v) is 12.3. The predicted octanol–water partition coefficient (Wildman–Crippen LogP) is 14.0. The van der Waals surface area contributed by atoms with E-state index in [1.165, 1.54) is 154 Å². The van der Waals surface area contributed by atoms with E-state index in [-0.39, 0.29) is 50.2 Å². The molecule has 3 unspecified atom stereocenters. The van der Waals surface area contributed by atoms with Crippen molar-refractivity contribution >= 4 is 48.1 Å². The molecule has 0 aliphatic heterocycles. The summed E-state index contributed by atoms with van der Waals surface area (Å²) in [6, 6.07) is 0. The van der Waals surface area contributed by atoms with Gasteiger partial charge in [-0.25, -0.2) is 25.3 Å². The molecule has 0 rings (SSSR count). The molecule has 0 heterocycles. The van der Waals surface area contributed by atoms with E-state index < -0.39 is 47.6 Å². The lowest BCUT2D eigenvalue weighted by atomic mass is 9.68. The zero-order valence-corrected chi connectivity index (χ0v) is 52.7. The Bertz CT molecular complexity index is 1860. The molecule has 0 spiro atoms. The van der Waals surface area contributed by atoms with Gasteiger partial charge >= 0.3 is 0 Å². The van der Waals surface area contributed by atoms with Gasteiger partial charge in [0.05, 0.1) is 41.9 Å². The van der Waals surface area contributed by atoms with Crippen LogP contribution in [0.3, 0.4) is 0 Å². The Labute approximate surface area is 484 Å². The molecule has 0 fully saturated rings. The predicted molar refractivity (Wildman–Crippen MR) is 321 cm³/mol. The van der Waals surface area contributed by atoms with Crippen molar-refractivity contribution in [3.63, 3.8) is 0 Å². The summed E-state index contributed by atoms with van der Waals surface area (Å²) in [5, 5.41) is 7.94. The Balaban J connectivity index is 6.88. The zero-order chi connectivity index (χ0) is 58.7. The van der Waals surface area contributed by atoms with Crippen molar-refractivity contribution in [2.75, 3.05) is 36.9 Å². The van der Waals surface area contributed by atoms with E-state index in [1.807, 2.05) is 0 Å². The third kappa shape index (κ3) is 53.6. The van der Waals surface area contributed by atoms with Crippen LogP contribution in [-0.2, 0) is 44.7 Å². The molecule has 468 valence electrons. The van der Waals surface area contributed by atoms with Crippen molar-refractivity contribution in [3.05, 3.63) is 11.6 Å². The van der Waals surface area contributed by atoms with Crippen molar-refractivity contribution < 1.29 is 53.3 Å². The van der Waals surface area contributed by atoms with E-state index in [0.29, 0.717) is 49.9 Å². The first-order valence-electron chi connectivity index (χ1n) is 32.1. The van der Waals surface area contributed by atoms with Gasteiger partial charge in [0.1, 0.15) is 0 Å². The molecule has 15 nitrogen and oxygen atoms in total. The monoisotopic (exact) mass is 1180 g/mol. The molecule has 18 heteroatoms. The lowest BCUT2D eigenvalue weighted by Gasteiger charge is -2.37. The highest BCUT2D eigenvalue weighted by Gasteiger charge is 2.31. The number of amides is 3. The summed E-state index contributed by atoms with van der Waals surface area (Å²) >= 11 is 0. The minimum Gasteiger partial charge on any atom is -0.748 e. The molecule has 3 amide bonds. The van der Waals surface area contributed by atoms with Gasteiger partial charge in [0.15, 0.2) is 0 Å². The van der Waals surface area contributed by atoms with Crippen LogP contribution in [0.4, 0.5) is 0 Å². The quantitative estimate of drug-likeness (QED) is 0.0292. The van der Waals surface area contributed by atoms with Crippen molar-refractivity contribution in [1.82, 2.24) is 16.0 Å². The van der Waals surface area contributed by atoms with Crippen LogP contribution < -0.4 is 16.0 Å². The van der Waals surface area contributed by atoms with Gasteiger partial charge in [-0.05, 0) is 82.0 Å². The summed E-state index contributed by atoms with van der Waals surface area (Å²) in [7, 11) is -13.1. The van der Waals surface area contributed by atoms with Crippen molar-refractivity contribution in [2.45, 2.75) is 303 Å². The Kier molecular flexibility index (Phi) is 50.1. The van der Waals surface area contributed by atoms with Crippen LogP contribution in [0.1, 0.15) is 303 Å². The molecule has 0 aromatic carbocycles. The molecule has 3 atom stereocenters. The second-order valence-electron chi connectivity index (χ2n) is 22.9. The van der Waals surface area contributed by atoms with E-state index in [4.69, 9.17) is 0 Å². The van der Waals surface area contributed by atoms with Crippen LogP contribution in [0.25, 0.3) is 0 Å². The third-order valence-corrected chi connectivity index (χ3v) is 17.8. The molecule has 0 radical (unpaired) electrons. The largest absolute Gasteiger partial charge is 0.748 e. The van der Waals surface area contributed by atoms with Gasteiger partial charge in [-0.3, -0.25) is 14.4 Å². The normalized spacial score (nSPS) is 13.6. The summed E-state index contributed by atoms with van der Waals surface area (Å²) < 4.78 is 99.6. The van der Waals surface area contributed by atoms with Crippen LogP contribution in [0.5, 0.6) is 0 Å². The van der Waals surface area contributed by atoms with Crippen LogP contribution in [0.15, 0.2) is 11.6 Å². The maximum Gasteiger partial charge on any atom is 0.220 e. The molecule has 0 aromatic rings. The SMILES string of the molecule is CCCCCCCCCCC=C(CCCCCC(=O)NCCS(=O)(=O)[O-])C(CCCCCC(=O)NCCCS(=O)(=O)[O-])C(CCCCCCCCCC)C(CCCCCCCCC)CCCCCCCC(=O)NCCS(=O)(=O)[O-]. The molecule has 79 heavy (non-hydrogen) atoms. The van der Waals surface area contributed by atoms with Crippen LogP contribution >= 0.6 is 0 Å². The highest BCUT2D eigenvalue weighted by Crippen LogP contribution is 2.42. The minimum absolute atomic E-state index is 0.0941. The number of hydrogen-bond acceptors (Lipinski definition) is 12. The summed E-state index contributed by atoms with van der Waals surface area (Å²) in [6.45, 7) is 6.57. The summed E-state index contributed by atoms with van der Waals surface area (Å²) in [6.07, 6.45) is 48.6. The molecule has 3 N–H and O–H groups in total. The number of carbonyl (C=O) groups excluding carboxylic acids is 3. The van der Waals surface area contributed by atoms with Gasteiger partial charge in [-0.1, -0.05) is 231 Å². The van der Waals surface area contributed by atoms with Crippen LogP contribution in [-0.4, -0.2) is 93.5 Å². The number of nitrogens with one attached hydrogen (secondary N) is 3. The van der Waals surface area contributed by atoms with E-state index in [0.717, 1.165) is 83.5 Å². The van der Waals surface area contributed by atoms with Gasteiger partial charge in [0.25, 0.3) is 0 Å². The number of allylic oxidation sites excluding steroid dienone is 2. The Morgan fingerprint density at radius 1 is 0.354 bits per heavy atom. The lowest BCUT2D eigenvalue weighted by molar-refractivity contribution is -0.122. The highest BCUT2D eigenvalue weighted by molar-refractivity contribution is 7.86. The maximum atomic E-state index is 12.8. The molecule has 0 saturated carbocycles. The van der Waals surface area contributed by atoms with Gasteiger partial charge in [0.2, 0.25) is 17.7 Å². The second-order valence-corrected chi connectivity index (χ2v) is 27.5. The van der Waals surface area contributed by atoms with Gasteiger partial charge in [-0.2, -0.15) is 0 Å². The molecular formula is C61H116N3O12S3-3. The van der Waals surface area contributed by atoms with E-state index in [2.05, 4.69) is 42.8 Å². The Morgan fingerprint density at radius 3 is 1.09 bits per heavy atom. The standard InChI is InChI=1S/C61H119N3O12S3/c1-4-7-10-13-16-18-20-24-31-41-56(43-33-28-37-48-61(67)64-51-54-79(74,75)76)58(45-35-29-38-47-59(65)62-49-39-52-77(68,69)70)57(44-34-26-21-17-14-11-8-5-2)55(40-30-23-19-15-12-9-6-3)42-32-25-22-27-36-46-60(66)63-50-53-78(71,72)73/h41,55,57-58H,4-40,42-54H2,1-3H3,(H,62,65)(H,63,66)(H,64,67)(H,68,69,70)(H,71,72,73)(H,74,75,76)/p-3. The van der Waals surface area contributed by atoms with Gasteiger partial charge in [-0.15, -0.1) is 0 Å². The zero-order valence-electron chi connectivity index (χ0n) is 50.3. The fourth-order valence-electron chi connectivity index (χ4n) is 11.1. The number of hydrogen-bond donors (Lipinski definition) is 3. The maximum absolute atomic E-state index is 12.8. The van der Waals surface area contributed by atoms with E-state index in [1.54, 1.807) is 5.57 Å². The molecular weight excluding hydrogens is 1060 g/mol. The molecule has 0 aliphatic rings. The molecule has 0 aromatic heterocycles. The van der Waals surface area contributed by atoms with Gasteiger partial charge in [0, 0.05) is 44.6 Å². The molecule has 0 aliphatic carbocycles. The Morgan fingerprint density at radius 2 is 0.671 bits per heavy atom. The smallest absolute Gasteiger partial charge is 0.220 e. The first-order valence-corrected chi connectivity index (χ1v) is 36.8. The highest BCUT2D eigenvalue weighted by atomic mass is 32.2. The van der Waals surface area contributed by atoms with Crippen molar-refractivity contribution in [1.29, 1.82) is 0 Å². The number of unbranched alkanes of at least 4 members (excludes halogenated alkanes) is 29. The fraction of sp³-hybridized carbons (Fsp3) is 0.918. The average Bonchev–Trinajstić information content (AvgIpc) is 3.38. The molecule has 0 bridgehead atoms. The van der Waals surface area contributed by atoms with Crippen molar-refractivity contribution in [2.24, 2.45) is 17.8 Å². The summed E-state index contributed by atoms with van der Waals surface area (Å²) in [5.41, 5.74) is 1.54. The number of carbonyl (C=O) groups is 3. The second kappa shape index (κ2) is 51.5. The topological polar surface area (TPSA) is 259 Å². The Hall–Kier alpha value is -2.12. The van der Waals surface area contributed by atoms with E-state index >= 15 is 0 Å². The minimum atomic E-state index is -4.41. The summed E-state index contributed by atoms with van der Waals surface area (Å²) in [5.74, 6) is -0.954. The first kappa shape index (κ1) is 76.9. The first-order chi connectivity index (χ1) is 37.8. The van der Waals surface area contributed by atoms with Crippen molar-refractivity contribution in [3.8, 4) is 0 Å². The van der Waals surface area contributed by atoms with Gasteiger partial charge < -0.3 is 29.6 Å². The average molecular weight is 1180 g/mol. The van der Waals surface area contributed by atoms with E-state index in [9.17, 15) is 53.3 Å². The van der Waals surface area contributed by atoms with Crippen LogP contribution in [0.2, 0.25) is 0 Å². The van der Waals surface area contributed by atoms with Crippen LogP contribution in [0, 0.1) is 17.8 Å². The summed E-state index contributed by atoms with van der Waals surface area (Å²) in [4.78, 5) is 37.8. The third-order valence-electron chi connectivity index (χ3n) is 15.6. The number of rotatable bonds is 59. The lowest BCUT2D eigenvalue weighted by Crippen LogP contribution is -2.28. The molecule has 0 saturated heterocycles.